The van der Waals surface area contributed by atoms with E-state index in [1.807, 2.05) is 20.8 Å². The Labute approximate surface area is 83.2 Å². The second-order valence-electron chi connectivity index (χ2n) is 3.43. The number of rotatable bonds is 5. The van der Waals surface area contributed by atoms with Gasteiger partial charge in [0.2, 0.25) is 0 Å². The zero-order valence-corrected chi connectivity index (χ0v) is 8.74. The molecule has 0 radical (unpaired) electrons. The van der Waals surface area contributed by atoms with Crippen molar-refractivity contribution in [3.8, 4) is 0 Å². The first-order valence-electron chi connectivity index (χ1n) is 4.60. The Kier molecular flexibility index (Phi) is 3.83. The van der Waals surface area contributed by atoms with Gasteiger partial charge < -0.3 is 14.1 Å². The van der Waals surface area contributed by atoms with E-state index in [2.05, 4.69) is 5.16 Å². The first-order chi connectivity index (χ1) is 6.65. The Morgan fingerprint density at radius 2 is 2.29 bits per heavy atom. The van der Waals surface area contributed by atoms with Crippen LogP contribution in [0, 0.1) is 19.8 Å². The van der Waals surface area contributed by atoms with Gasteiger partial charge in [-0.3, -0.25) is 0 Å². The van der Waals surface area contributed by atoms with Gasteiger partial charge >= 0.3 is 0 Å². The van der Waals surface area contributed by atoms with Gasteiger partial charge in [-0.15, -0.1) is 0 Å². The largest absolute Gasteiger partial charge is 0.376 e. The Hall–Kier alpha value is -1.16. The lowest BCUT2D eigenvalue weighted by Gasteiger charge is -2.05. The molecule has 0 spiro atoms. The SMILES string of the molecule is Cc1noc(C)c1COC[C@H](C)C=O. The van der Waals surface area contributed by atoms with Gasteiger partial charge in [0.05, 0.1) is 18.9 Å². The molecule has 0 aliphatic heterocycles. The summed E-state index contributed by atoms with van der Waals surface area (Å²) in [5.74, 6) is 0.719. The molecule has 0 saturated heterocycles. The summed E-state index contributed by atoms with van der Waals surface area (Å²) in [5.41, 5.74) is 1.82. The highest BCUT2D eigenvalue weighted by Gasteiger charge is 2.09. The summed E-state index contributed by atoms with van der Waals surface area (Å²) in [5, 5.41) is 3.81. The Bertz CT molecular complexity index is 287. The summed E-state index contributed by atoms with van der Waals surface area (Å²) in [6, 6.07) is 0. The van der Waals surface area contributed by atoms with Crippen LogP contribution in [0.4, 0.5) is 0 Å². The molecule has 1 atom stereocenters. The number of aryl methyl sites for hydroxylation is 2. The number of aldehydes is 1. The number of aromatic nitrogens is 1. The summed E-state index contributed by atoms with van der Waals surface area (Å²) in [4.78, 5) is 10.3. The van der Waals surface area contributed by atoms with E-state index >= 15 is 0 Å². The standard InChI is InChI=1S/C10H15NO3/c1-7(4-12)5-13-6-10-8(2)11-14-9(10)3/h4,7H,5-6H2,1-3H3/t7-/m1/s1. The van der Waals surface area contributed by atoms with Crippen LogP contribution in [0.15, 0.2) is 4.52 Å². The van der Waals surface area contributed by atoms with Crippen LogP contribution in [0.5, 0.6) is 0 Å². The number of nitrogens with zero attached hydrogens (tertiary/aromatic N) is 1. The average Bonchev–Trinajstić information content (AvgIpc) is 2.48. The number of carbonyl (C=O) groups excluding carboxylic acids is 1. The van der Waals surface area contributed by atoms with Crippen LogP contribution in [-0.2, 0) is 16.1 Å². The summed E-state index contributed by atoms with van der Waals surface area (Å²) in [6.45, 7) is 6.44. The molecule has 1 aromatic heterocycles. The minimum absolute atomic E-state index is 0.0597. The number of carbonyl (C=O) groups is 1. The quantitative estimate of drug-likeness (QED) is 0.673. The fourth-order valence-electron chi connectivity index (χ4n) is 1.09. The highest BCUT2D eigenvalue weighted by molar-refractivity contribution is 5.52. The number of hydrogen-bond acceptors (Lipinski definition) is 4. The molecule has 0 aliphatic carbocycles. The maximum Gasteiger partial charge on any atom is 0.139 e. The van der Waals surface area contributed by atoms with Crippen LogP contribution in [0.1, 0.15) is 23.9 Å². The van der Waals surface area contributed by atoms with Crippen LogP contribution < -0.4 is 0 Å². The smallest absolute Gasteiger partial charge is 0.139 e. The number of hydrogen-bond donors (Lipinski definition) is 0. The van der Waals surface area contributed by atoms with Gasteiger partial charge in [0.25, 0.3) is 0 Å². The van der Waals surface area contributed by atoms with Gasteiger partial charge in [0.1, 0.15) is 12.0 Å². The second kappa shape index (κ2) is 4.91. The van der Waals surface area contributed by atoms with E-state index in [0.29, 0.717) is 13.2 Å². The van der Waals surface area contributed by atoms with Crippen molar-refractivity contribution in [2.75, 3.05) is 6.61 Å². The third-order valence-corrected chi connectivity index (χ3v) is 2.04. The maximum atomic E-state index is 10.3. The molecule has 0 fully saturated rings. The highest BCUT2D eigenvalue weighted by Crippen LogP contribution is 2.13. The molecular weight excluding hydrogens is 182 g/mol. The molecule has 0 aliphatic rings. The van der Waals surface area contributed by atoms with Crippen molar-refractivity contribution in [3.63, 3.8) is 0 Å². The van der Waals surface area contributed by atoms with Gasteiger partial charge in [-0.05, 0) is 13.8 Å². The first kappa shape index (κ1) is 10.9. The van der Waals surface area contributed by atoms with Crippen LogP contribution in [0.25, 0.3) is 0 Å². The zero-order chi connectivity index (χ0) is 10.6. The molecule has 0 saturated carbocycles. The van der Waals surface area contributed by atoms with Crippen molar-refractivity contribution in [3.05, 3.63) is 17.0 Å². The monoisotopic (exact) mass is 197 g/mol. The molecule has 0 unspecified atom stereocenters. The topological polar surface area (TPSA) is 52.3 Å². The molecule has 0 aromatic carbocycles. The third kappa shape index (κ3) is 2.67. The molecule has 4 nitrogen and oxygen atoms in total. The van der Waals surface area contributed by atoms with Crippen molar-refractivity contribution < 1.29 is 14.1 Å². The van der Waals surface area contributed by atoms with Gasteiger partial charge in [0.15, 0.2) is 0 Å². The van der Waals surface area contributed by atoms with E-state index in [1.165, 1.54) is 0 Å². The fourth-order valence-corrected chi connectivity index (χ4v) is 1.09. The molecule has 0 bridgehead atoms. The van der Waals surface area contributed by atoms with E-state index in [1.54, 1.807) is 0 Å². The molecule has 4 heteroatoms. The van der Waals surface area contributed by atoms with E-state index in [0.717, 1.165) is 23.3 Å². The lowest BCUT2D eigenvalue weighted by atomic mass is 10.2. The molecule has 14 heavy (non-hydrogen) atoms. The molecule has 1 aromatic rings. The van der Waals surface area contributed by atoms with Crippen LogP contribution in [-0.4, -0.2) is 18.0 Å². The predicted molar refractivity (Wildman–Crippen MR) is 50.9 cm³/mol. The van der Waals surface area contributed by atoms with Crippen LogP contribution in [0.2, 0.25) is 0 Å². The second-order valence-corrected chi connectivity index (χ2v) is 3.43. The number of ether oxygens (including phenoxy) is 1. The van der Waals surface area contributed by atoms with Crippen molar-refractivity contribution >= 4 is 6.29 Å². The first-order valence-corrected chi connectivity index (χ1v) is 4.60. The molecule has 1 heterocycles. The summed E-state index contributed by atoms with van der Waals surface area (Å²) in [6.07, 6.45) is 0.882. The van der Waals surface area contributed by atoms with E-state index in [4.69, 9.17) is 9.26 Å². The van der Waals surface area contributed by atoms with E-state index in [9.17, 15) is 4.79 Å². The molecule has 1 rings (SSSR count). The minimum Gasteiger partial charge on any atom is -0.376 e. The van der Waals surface area contributed by atoms with Gasteiger partial charge in [-0.1, -0.05) is 12.1 Å². The third-order valence-electron chi connectivity index (χ3n) is 2.04. The molecular formula is C10H15NO3. The Morgan fingerprint density at radius 1 is 1.57 bits per heavy atom. The Morgan fingerprint density at radius 3 is 2.79 bits per heavy atom. The van der Waals surface area contributed by atoms with Crippen LogP contribution in [0.3, 0.4) is 0 Å². The maximum absolute atomic E-state index is 10.3. The Balaban J connectivity index is 2.42. The average molecular weight is 197 g/mol. The van der Waals surface area contributed by atoms with Gasteiger partial charge in [-0.2, -0.15) is 0 Å². The highest BCUT2D eigenvalue weighted by atomic mass is 16.5. The molecule has 78 valence electrons. The lowest BCUT2D eigenvalue weighted by Crippen LogP contribution is -2.07. The normalized spacial score (nSPS) is 12.8. The summed E-state index contributed by atoms with van der Waals surface area (Å²) < 4.78 is 10.3. The van der Waals surface area contributed by atoms with Crippen LogP contribution >= 0.6 is 0 Å². The van der Waals surface area contributed by atoms with Gasteiger partial charge in [-0.25, -0.2) is 0 Å². The molecule has 0 N–H and O–H groups in total. The van der Waals surface area contributed by atoms with Crippen molar-refractivity contribution in [2.45, 2.75) is 27.4 Å². The van der Waals surface area contributed by atoms with Crippen molar-refractivity contribution in [2.24, 2.45) is 5.92 Å². The van der Waals surface area contributed by atoms with Crippen molar-refractivity contribution in [1.29, 1.82) is 0 Å². The zero-order valence-electron chi connectivity index (χ0n) is 8.74. The predicted octanol–water partition coefficient (Wildman–Crippen LogP) is 1.64. The summed E-state index contributed by atoms with van der Waals surface area (Å²) >= 11 is 0. The summed E-state index contributed by atoms with van der Waals surface area (Å²) in [7, 11) is 0. The van der Waals surface area contributed by atoms with E-state index < -0.39 is 0 Å². The lowest BCUT2D eigenvalue weighted by molar-refractivity contribution is -0.112. The molecule has 0 amide bonds. The minimum atomic E-state index is -0.0597. The van der Waals surface area contributed by atoms with Crippen molar-refractivity contribution in [1.82, 2.24) is 5.16 Å². The van der Waals surface area contributed by atoms with E-state index in [-0.39, 0.29) is 5.92 Å². The van der Waals surface area contributed by atoms with Gasteiger partial charge in [0, 0.05) is 11.5 Å². The fraction of sp³-hybridized carbons (Fsp3) is 0.600.